The molecule has 6 aromatic rings. The molecule has 2 aliphatic heterocycles. The van der Waals surface area contributed by atoms with E-state index >= 15 is 0 Å². The van der Waals surface area contributed by atoms with Gasteiger partial charge in [-0.25, -0.2) is 9.97 Å². The topological polar surface area (TPSA) is 205 Å². The van der Waals surface area contributed by atoms with E-state index in [9.17, 15) is 33.9 Å². The molecule has 0 aliphatic carbocycles. The van der Waals surface area contributed by atoms with Crippen molar-refractivity contribution in [3.63, 3.8) is 0 Å². The number of carbonyl (C=O) groups is 6. The number of hydrogen-bond acceptors (Lipinski definition) is 10. The first-order chi connectivity index (χ1) is 27.5. The Morgan fingerprint density at radius 1 is 0.644 bits per heavy atom. The number of nitrogens with zero attached hydrogens (tertiary/aromatic N) is 5. The van der Waals surface area contributed by atoms with E-state index in [1.807, 2.05) is 60.4 Å². The molecule has 3 amide bonds. The molecule has 4 aromatic heterocycles. The van der Waals surface area contributed by atoms with E-state index in [0.717, 1.165) is 25.2 Å². The first kappa shape index (κ1) is 46.3. The standard InChI is InChI=1S/C21H20N4O3.C12H16N2O.C9H6N2O3.CH4.K/c1-14-13-24(20(27)15-6-3-2-4-7-15)10-11-25(14)21(28)18(26)17-12-23-19-16(17)8-5-9-22-19;1-10-9-14(8-7-13-10)12(15)11-5-3-2-4-6-11;12-7(9(13)14)6-4-11-8-5(6)2-1-3-10-8;;/h2-9,12,14H,10-11,13H2,1H3,(H,22,23);2-6,10,13H,7-9H2,1H3;1-4H,(H,10,11)(H,13,14);1H4;/q;;;;+1/p-1/t14-;10-;;;/m11.../s1. The fourth-order valence-corrected chi connectivity index (χ4v) is 6.73. The van der Waals surface area contributed by atoms with Gasteiger partial charge in [-0.15, -0.1) is 0 Å². The maximum Gasteiger partial charge on any atom is 1.00 e. The molecule has 0 unspecified atom stereocenters. The van der Waals surface area contributed by atoms with Crippen LogP contribution in [-0.4, -0.2) is 121 Å². The number of carbonyl (C=O) groups excluding carboxylic acids is 6. The average Bonchev–Trinajstić information content (AvgIpc) is 3.88. The normalized spacial score (nSPS) is 15.9. The zero-order chi connectivity index (χ0) is 40.5. The molecule has 2 aromatic carbocycles. The van der Waals surface area contributed by atoms with Crippen LogP contribution < -0.4 is 61.8 Å². The van der Waals surface area contributed by atoms with Gasteiger partial charge in [-0.05, 0) is 62.4 Å². The van der Waals surface area contributed by atoms with Crippen LogP contribution in [0.25, 0.3) is 22.1 Å². The Morgan fingerprint density at radius 2 is 1.14 bits per heavy atom. The van der Waals surface area contributed by atoms with Gasteiger partial charge in [-0.3, -0.25) is 24.0 Å². The Morgan fingerprint density at radius 3 is 1.61 bits per heavy atom. The number of aromatic amines is 2. The summed E-state index contributed by atoms with van der Waals surface area (Å²) >= 11 is 0. The Hall–Kier alpha value is -5.36. The van der Waals surface area contributed by atoms with Crippen molar-refractivity contribution in [3.05, 3.63) is 132 Å². The number of piperazine rings is 2. The van der Waals surface area contributed by atoms with E-state index < -0.39 is 23.4 Å². The van der Waals surface area contributed by atoms with E-state index in [0.29, 0.717) is 58.9 Å². The second kappa shape index (κ2) is 21.6. The van der Waals surface area contributed by atoms with Crippen LogP contribution >= 0.6 is 0 Å². The number of aliphatic carboxylic acids is 1. The Bertz CT molecular complexity index is 2400. The summed E-state index contributed by atoms with van der Waals surface area (Å²) < 4.78 is 0. The summed E-state index contributed by atoms with van der Waals surface area (Å²) in [4.78, 5) is 90.6. The maximum absolute atomic E-state index is 12.8. The summed E-state index contributed by atoms with van der Waals surface area (Å²) in [5, 5.41) is 14.8. The van der Waals surface area contributed by atoms with Crippen molar-refractivity contribution in [3.8, 4) is 0 Å². The molecule has 2 atom stereocenters. The van der Waals surface area contributed by atoms with Crippen LogP contribution in [0, 0.1) is 0 Å². The monoisotopic (exact) mass is 824 g/mol. The third-order valence-electron chi connectivity index (χ3n) is 9.64. The van der Waals surface area contributed by atoms with Gasteiger partial charge in [0.1, 0.15) is 17.3 Å². The summed E-state index contributed by atoms with van der Waals surface area (Å²) in [6.07, 6.45) is 6.01. The number of benzene rings is 2. The molecule has 2 aliphatic rings. The summed E-state index contributed by atoms with van der Waals surface area (Å²) in [5.41, 5.74) is 2.86. The molecule has 15 nitrogen and oxygen atoms in total. The van der Waals surface area contributed by atoms with Crippen molar-refractivity contribution in [2.45, 2.75) is 33.4 Å². The number of aromatic nitrogens is 4. The van der Waals surface area contributed by atoms with E-state index in [1.165, 1.54) is 12.4 Å². The molecule has 0 spiro atoms. The van der Waals surface area contributed by atoms with Gasteiger partial charge < -0.3 is 39.9 Å². The number of carboxylic acid groups (broad SMARTS) is 1. The van der Waals surface area contributed by atoms with Crippen LogP contribution in [0.3, 0.4) is 0 Å². The third-order valence-corrected chi connectivity index (χ3v) is 9.64. The SMILES string of the molecule is C.C[C@@H]1CN(C(=O)c2ccccc2)CCN1.C[C@@H]1CN(C(=O)c2ccccc2)CCN1C(=O)C(=O)c1c[nH]c2ncccc12.O=C([O-])C(=O)c1c[nH]c2ncccc12.[K+]. The van der Waals surface area contributed by atoms with Gasteiger partial charge in [0.25, 0.3) is 23.5 Å². The van der Waals surface area contributed by atoms with Gasteiger partial charge >= 0.3 is 51.4 Å². The molecule has 3 N–H and O–H groups in total. The van der Waals surface area contributed by atoms with Crippen LogP contribution in [0.1, 0.15) is 62.7 Å². The number of amides is 3. The summed E-state index contributed by atoms with van der Waals surface area (Å²) in [6.45, 7) is 7.56. The minimum Gasteiger partial charge on any atom is -0.541 e. The molecule has 16 heteroatoms. The Kier molecular flexibility index (Phi) is 16.9. The molecule has 8 rings (SSSR count). The third kappa shape index (κ3) is 11.2. The second-order valence-corrected chi connectivity index (χ2v) is 13.6. The average molecular weight is 825 g/mol. The number of pyridine rings is 2. The fourth-order valence-electron chi connectivity index (χ4n) is 6.73. The predicted octanol–water partition coefficient (Wildman–Crippen LogP) is 0.375. The summed E-state index contributed by atoms with van der Waals surface area (Å²) in [6, 6.07) is 25.4. The number of Topliss-reactive ketones (excluding diaryl/α,β-unsaturated/α-hetero) is 2. The zero-order valence-electron chi connectivity index (χ0n) is 32.4. The van der Waals surface area contributed by atoms with Crippen molar-refractivity contribution >= 4 is 57.3 Å². The first-order valence-electron chi connectivity index (χ1n) is 18.4. The largest absolute Gasteiger partial charge is 1.00 e. The molecule has 59 heavy (non-hydrogen) atoms. The molecule has 2 fully saturated rings. The Labute approximate surface area is 384 Å². The van der Waals surface area contributed by atoms with Crippen LogP contribution in [0.15, 0.2) is 110 Å². The van der Waals surface area contributed by atoms with Crippen molar-refractivity contribution in [2.75, 3.05) is 39.3 Å². The van der Waals surface area contributed by atoms with Crippen LogP contribution in [0.2, 0.25) is 0 Å². The number of rotatable bonds is 6. The minimum atomic E-state index is -1.71. The second-order valence-electron chi connectivity index (χ2n) is 13.6. The number of ketones is 2. The van der Waals surface area contributed by atoms with Gasteiger partial charge in [0.15, 0.2) is 0 Å². The van der Waals surface area contributed by atoms with Gasteiger partial charge in [-0.1, -0.05) is 43.8 Å². The van der Waals surface area contributed by atoms with Crippen LogP contribution in [-0.2, 0) is 9.59 Å². The first-order valence-corrected chi connectivity index (χ1v) is 18.4. The molecule has 0 radical (unpaired) electrons. The van der Waals surface area contributed by atoms with Gasteiger partial charge in [0.05, 0.1) is 11.1 Å². The number of fused-ring (bicyclic) bond motifs is 2. The molecule has 6 heterocycles. The van der Waals surface area contributed by atoms with E-state index in [2.05, 4.69) is 32.2 Å². The Balaban J connectivity index is 0.000000210. The van der Waals surface area contributed by atoms with Crippen molar-refractivity contribution in [2.24, 2.45) is 0 Å². The number of carboxylic acids is 1. The number of H-pyrrole nitrogens is 2. The van der Waals surface area contributed by atoms with Crippen molar-refractivity contribution in [1.29, 1.82) is 0 Å². The molecule has 300 valence electrons. The van der Waals surface area contributed by atoms with Gasteiger partial charge in [-0.2, -0.15) is 0 Å². The fraction of sp³-hybridized carbons (Fsp3) is 0.256. The number of nitrogens with one attached hydrogen (secondary N) is 3. The molecule has 0 bridgehead atoms. The van der Waals surface area contributed by atoms with Crippen LogP contribution in [0.4, 0.5) is 0 Å². The number of hydrogen-bond donors (Lipinski definition) is 3. The maximum atomic E-state index is 12.8. The quantitative estimate of drug-likeness (QED) is 0.120. The molecular formula is C43H45KN8O7. The molecule has 2 saturated heterocycles. The molecular weight excluding hydrogens is 780 g/mol. The van der Waals surface area contributed by atoms with Gasteiger partial charge in [0.2, 0.25) is 5.78 Å². The predicted molar refractivity (Wildman–Crippen MR) is 216 cm³/mol. The molecule has 0 saturated carbocycles. The summed E-state index contributed by atoms with van der Waals surface area (Å²) in [7, 11) is 0. The zero-order valence-corrected chi connectivity index (χ0v) is 35.5. The van der Waals surface area contributed by atoms with Crippen molar-refractivity contribution in [1.82, 2.24) is 40.0 Å². The van der Waals surface area contributed by atoms with E-state index in [-0.39, 0.29) is 82.2 Å². The van der Waals surface area contributed by atoms with E-state index in [4.69, 9.17) is 0 Å². The van der Waals surface area contributed by atoms with Crippen molar-refractivity contribution < 1.29 is 85.3 Å². The van der Waals surface area contributed by atoms with Gasteiger partial charge in [0, 0.05) is 98.0 Å². The van der Waals surface area contributed by atoms with E-state index in [1.54, 1.807) is 58.6 Å². The van der Waals surface area contributed by atoms with Crippen LogP contribution in [0.5, 0.6) is 0 Å². The summed E-state index contributed by atoms with van der Waals surface area (Å²) in [5.74, 6) is -3.78. The smallest absolute Gasteiger partial charge is 0.541 e. The minimum absolute atomic E-state index is 0.